The number of anilines is 1. The van der Waals surface area contributed by atoms with Crippen LogP contribution in [0, 0.1) is 11.6 Å². The molecule has 1 fully saturated rings. The van der Waals surface area contributed by atoms with Crippen LogP contribution in [-0.2, 0) is 11.2 Å². The monoisotopic (exact) mass is 523 g/mol. The van der Waals surface area contributed by atoms with E-state index in [1.165, 1.54) is 12.3 Å². The molecular weight excluding hydrogens is 492 g/mol. The number of amides is 1. The number of fused-ring (bicyclic) bond motifs is 1. The molecule has 200 valence electrons. The fourth-order valence-electron chi connectivity index (χ4n) is 5.01. The standard InChI is InChI=1S/C28H31F2N5O3/c1-16(2)35-7-8-37-27-22(29)9-20(10-24(27)35)26-23(30)13-32-25(33-26)11-21-6-5-19(12-31-21)28(36)34-14-17(3)38-18(4)15-34/h5-6,9-10,12-13,16-18H,7-8,11,14-15H2,1-4H3. The number of nitrogens with zero attached hydrogens (tertiary/aromatic N) is 5. The molecule has 0 bridgehead atoms. The van der Waals surface area contributed by atoms with Crippen LogP contribution >= 0.6 is 0 Å². The SMILES string of the molecule is CC1CN(C(=O)c2ccc(Cc3ncc(F)c(-c4cc(F)c5c(c4)N(C(C)C)CCO5)n3)nc2)CC(C)O1. The van der Waals surface area contributed by atoms with E-state index in [4.69, 9.17) is 9.47 Å². The lowest BCUT2D eigenvalue weighted by Gasteiger charge is -2.35. The zero-order chi connectivity index (χ0) is 27.0. The van der Waals surface area contributed by atoms with Crippen molar-refractivity contribution >= 4 is 11.6 Å². The number of pyridine rings is 1. The number of halogens is 2. The molecule has 2 aliphatic heterocycles. The minimum atomic E-state index is -0.649. The molecule has 5 rings (SSSR count). The van der Waals surface area contributed by atoms with E-state index in [2.05, 4.69) is 15.0 Å². The van der Waals surface area contributed by atoms with Crippen molar-refractivity contribution in [3.05, 3.63) is 65.4 Å². The highest BCUT2D eigenvalue weighted by Crippen LogP contribution is 2.39. The summed E-state index contributed by atoms with van der Waals surface area (Å²) in [4.78, 5) is 29.7. The van der Waals surface area contributed by atoms with Crippen molar-refractivity contribution in [2.45, 2.75) is 52.4 Å². The van der Waals surface area contributed by atoms with Crippen LogP contribution in [0.4, 0.5) is 14.5 Å². The number of benzene rings is 1. The number of carbonyl (C=O) groups excluding carboxylic acids is 1. The average molecular weight is 524 g/mol. The van der Waals surface area contributed by atoms with Crippen molar-refractivity contribution in [2.75, 3.05) is 31.1 Å². The number of hydrogen-bond donors (Lipinski definition) is 0. The van der Waals surface area contributed by atoms with Crippen LogP contribution in [0.2, 0.25) is 0 Å². The quantitative estimate of drug-likeness (QED) is 0.494. The van der Waals surface area contributed by atoms with E-state index < -0.39 is 11.6 Å². The van der Waals surface area contributed by atoms with Crippen molar-refractivity contribution in [3.63, 3.8) is 0 Å². The lowest BCUT2D eigenvalue weighted by Crippen LogP contribution is -2.48. The first-order valence-corrected chi connectivity index (χ1v) is 12.8. The van der Waals surface area contributed by atoms with Gasteiger partial charge >= 0.3 is 0 Å². The van der Waals surface area contributed by atoms with E-state index in [1.807, 2.05) is 32.6 Å². The normalized spacial score (nSPS) is 19.3. The van der Waals surface area contributed by atoms with Crippen LogP contribution < -0.4 is 9.64 Å². The Morgan fingerprint density at radius 1 is 1.08 bits per heavy atom. The smallest absolute Gasteiger partial charge is 0.255 e. The minimum absolute atomic E-state index is 0.00772. The molecule has 38 heavy (non-hydrogen) atoms. The highest BCUT2D eigenvalue weighted by molar-refractivity contribution is 5.94. The van der Waals surface area contributed by atoms with Gasteiger partial charge in [0.05, 0.1) is 42.6 Å². The summed E-state index contributed by atoms with van der Waals surface area (Å²) in [5, 5.41) is 0. The molecule has 10 heteroatoms. The maximum Gasteiger partial charge on any atom is 0.255 e. The molecule has 0 N–H and O–H groups in total. The molecule has 1 amide bonds. The highest BCUT2D eigenvalue weighted by Gasteiger charge is 2.27. The summed E-state index contributed by atoms with van der Waals surface area (Å²) in [6, 6.07) is 6.53. The molecule has 4 heterocycles. The summed E-state index contributed by atoms with van der Waals surface area (Å²) in [5.41, 5.74) is 2.00. The van der Waals surface area contributed by atoms with Gasteiger partial charge in [-0.25, -0.2) is 18.7 Å². The Labute approximate surface area is 220 Å². The Balaban J connectivity index is 1.37. The summed E-state index contributed by atoms with van der Waals surface area (Å²) < 4.78 is 41.0. The maximum absolute atomic E-state index is 14.9. The van der Waals surface area contributed by atoms with Gasteiger partial charge in [0, 0.05) is 36.6 Å². The van der Waals surface area contributed by atoms with Gasteiger partial charge in [0.2, 0.25) is 0 Å². The maximum atomic E-state index is 14.9. The molecule has 0 spiro atoms. The highest BCUT2D eigenvalue weighted by atomic mass is 19.1. The molecule has 1 saturated heterocycles. The van der Waals surface area contributed by atoms with E-state index >= 15 is 0 Å². The first kappa shape index (κ1) is 26.0. The zero-order valence-electron chi connectivity index (χ0n) is 21.9. The molecule has 2 aromatic heterocycles. The topological polar surface area (TPSA) is 80.7 Å². The van der Waals surface area contributed by atoms with Crippen LogP contribution in [0.25, 0.3) is 11.3 Å². The fraction of sp³-hybridized carbons (Fsp3) is 0.429. The van der Waals surface area contributed by atoms with Gasteiger partial charge in [-0.05, 0) is 52.0 Å². The zero-order valence-corrected chi connectivity index (χ0v) is 21.9. The lowest BCUT2D eigenvalue weighted by molar-refractivity contribution is -0.0586. The first-order valence-electron chi connectivity index (χ1n) is 12.8. The molecule has 0 aliphatic carbocycles. The molecule has 2 atom stereocenters. The fourth-order valence-corrected chi connectivity index (χ4v) is 5.01. The van der Waals surface area contributed by atoms with Crippen LogP contribution in [0.5, 0.6) is 5.75 Å². The summed E-state index contributed by atoms with van der Waals surface area (Å²) in [5.74, 6) is -0.806. The molecule has 0 saturated carbocycles. The van der Waals surface area contributed by atoms with Gasteiger partial charge in [-0.3, -0.25) is 9.78 Å². The van der Waals surface area contributed by atoms with E-state index in [0.29, 0.717) is 54.6 Å². The third kappa shape index (κ3) is 5.31. The summed E-state index contributed by atoms with van der Waals surface area (Å²) in [6.07, 6.45) is 2.80. The van der Waals surface area contributed by atoms with E-state index in [0.717, 1.165) is 6.20 Å². The summed E-state index contributed by atoms with van der Waals surface area (Å²) >= 11 is 0. The number of carbonyl (C=O) groups is 1. The lowest BCUT2D eigenvalue weighted by atomic mass is 10.1. The number of aromatic nitrogens is 3. The average Bonchev–Trinajstić information content (AvgIpc) is 2.89. The van der Waals surface area contributed by atoms with Gasteiger partial charge in [0.25, 0.3) is 5.91 Å². The summed E-state index contributed by atoms with van der Waals surface area (Å²) in [6.45, 7) is 9.97. The van der Waals surface area contributed by atoms with E-state index in [-0.39, 0.29) is 42.0 Å². The second kappa shape index (κ2) is 10.6. The number of ether oxygens (including phenoxy) is 2. The third-order valence-corrected chi connectivity index (χ3v) is 6.72. The minimum Gasteiger partial charge on any atom is -0.486 e. The second-order valence-electron chi connectivity index (χ2n) is 10.1. The van der Waals surface area contributed by atoms with Gasteiger partial charge in [-0.2, -0.15) is 0 Å². The Morgan fingerprint density at radius 3 is 2.53 bits per heavy atom. The summed E-state index contributed by atoms with van der Waals surface area (Å²) in [7, 11) is 0. The first-order chi connectivity index (χ1) is 18.2. The molecular formula is C28H31F2N5O3. The van der Waals surface area contributed by atoms with Crippen LogP contribution in [0.15, 0.2) is 36.7 Å². The third-order valence-electron chi connectivity index (χ3n) is 6.72. The van der Waals surface area contributed by atoms with Crippen molar-refractivity contribution in [1.82, 2.24) is 19.9 Å². The molecule has 1 aromatic carbocycles. The van der Waals surface area contributed by atoms with Gasteiger partial charge in [0.1, 0.15) is 18.1 Å². The van der Waals surface area contributed by atoms with Crippen molar-refractivity contribution in [2.24, 2.45) is 0 Å². The second-order valence-corrected chi connectivity index (χ2v) is 10.1. The Bertz CT molecular complexity index is 1320. The Morgan fingerprint density at radius 2 is 1.84 bits per heavy atom. The predicted octanol–water partition coefficient (Wildman–Crippen LogP) is 4.26. The van der Waals surface area contributed by atoms with Crippen molar-refractivity contribution < 1.29 is 23.0 Å². The molecule has 8 nitrogen and oxygen atoms in total. The van der Waals surface area contributed by atoms with Gasteiger partial charge in [-0.15, -0.1) is 0 Å². The largest absolute Gasteiger partial charge is 0.486 e. The van der Waals surface area contributed by atoms with Gasteiger partial charge in [-0.1, -0.05) is 0 Å². The molecule has 3 aromatic rings. The number of morpholine rings is 1. The van der Waals surface area contributed by atoms with Gasteiger partial charge in [0.15, 0.2) is 17.4 Å². The van der Waals surface area contributed by atoms with Crippen molar-refractivity contribution in [1.29, 1.82) is 0 Å². The number of rotatable bonds is 5. The molecule has 2 aliphatic rings. The van der Waals surface area contributed by atoms with Crippen LogP contribution in [0.3, 0.4) is 0 Å². The van der Waals surface area contributed by atoms with E-state index in [1.54, 1.807) is 23.1 Å². The molecule has 0 radical (unpaired) electrons. The molecule has 2 unspecified atom stereocenters. The van der Waals surface area contributed by atoms with Crippen molar-refractivity contribution in [3.8, 4) is 17.0 Å². The van der Waals surface area contributed by atoms with E-state index in [9.17, 15) is 13.6 Å². The predicted molar refractivity (Wildman–Crippen MR) is 138 cm³/mol. The van der Waals surface area contributed by atoms with Gasteiger partial charge < -0.3 is 19.3 Å². The van der Waals surface area contributed by atoms with Crippen LogP contribution in [0.1, 0.15) is 49.6 Å². The Hall–Kier alpha value is -3.66. The number of hydrogen-bond acceptors (Lipinski definition) is 7. The Kier molecular flexibility index (Phi) is 7.25. The van der Waals surface area contributed by atoms with Crippen LogP contribution in [-0.4, -0.2) is 70.2 Å².